The predicted molar refractivity (Wildman–Crippen MR) is 137 cm³/mol. The van der Waals surface area contributed by atoms with Gasteiger partial charge in [0.05, 0.1) is 20.3 Å². The number of aliphatic hydroxyl groups is 4. The van der Waals surface area contributed by atoms with Gasteiger partial charge in [0.15, 0.2) is 0 Å². The summed E-state index contributed by atoms with van der Waals surface area (Å²) in [6.45, 7) is 0. The summed E-state index contributed by atoms with van der Waals surface area (Å²) in [5.74, 6) is 1.36. The lowest BCUT2D eigenvalue weighted by atomic mass is 9.81. The molecule has 3 aromatic rings. The van der Waals surface area contributed by atoms with Gasteiger partial charge in [-0.25, -0.2) is 0 Å². The molecule has 0 aromatic heterocycles. The predicted octanol–water partition coefficient (Wildman–Crippen LogP) is 2.82. The Morgan fingerprint density at radius 3 is 1.97 bits per heavy atom. The van der Waals surface area contributed by atoms with Crippen molar-refractivity contribution in [3.8, 4) is 11.5 Å². The first kappa shape index (κ1) is 26.5. The molecule has 4 N–H and O–H groups in total. The second-order valence-electron chi connectivity index (χ2n) is 8.93. The van der Waals surface area contributed by atoms with Gasteiger partial charge in [-0.05, 0) is 47.5 Å². The molecule has 6 atom stereocenters. The van der Waals surface area contributed by atoms with Crippen LogP contribution in [0.1, 0.15) is 11.1 Å². The fourth-order valence-electron chi connectivity index (χ4n) is 4.40. The normalized spacial score (nSPS) is 26.8. The highest BCUT2D eigenvalue weighted by molar-refractivity contribution is 7.99. The van der Waals surface area contributed by atoms with Gasteiger partial charge in [-0.2, -0.15) is 0 Å². The Morgan fingerprint density at radius 1 is 0.861 bits per heavy atom. The third-order valence-electron chi connectivity index (χ3n) is 6.48. The zero-order valence-corrected chi connectivity index (χ0v) is 21.0. The first-order chi connectivity index (χ1) is 17.3. The van der Waals surface area contributed by atoms with Crippen molar-refractivity contribution in [1.29, 1.82) is 0 Å². The standard InChI is InChI=1S/C28H32O7S/c1-33-20-12-8-18(9-13-20)16-23(29)25-24(30)26(31)28(32,17-19-10-14-21(34-2)15-11-19)27(35-25)36-22-6-4-3-5-7-22/h3-15,23-27,29-32H,16-17H2,1-2H3/t23?,24-,25+,26-,27-,28+/m0/s1. The molecule has 1 saturated heterocycles. The van der Waals surface area contributed by atoms with Crippen LogP contribution in [0, 0.1) is 0 Å². The summed E-state index contributed by atoms with van der Waals surface area (Å²) >= 11 is 1.24. The molecule has 0 spiro atoms. The third kappa shape index (κ3) is 5.86. The van der Waals surface area contributed by atoms with E-state index in [0.29, 0.717) is 11.5 Å². The van der Waals surface area contributed by atoms with Gasteiger partial charge in [0.1, 0.15) is 40.8 Å². The lowest BCUT2D eigenvalue weighted by molar-refractivity contribution is -0.261. The molecule has 0 aliphatic carbocycles. The highest BCUT2D eigenvalue weighted by Crippen LogP contribution is 2.42. The van der Waals surface area contributed by atoms with E-state index in [1.165, 1.54) is 11.8 Å². The molecule has 8 heteroatoms. The molecular weight excluding hydrogens is 480 g/mol. The number of aliphatic hydroxyl groups excluding tert-OH is 3. The molecule has 1 fully saturated rings. The van der Waals surface area contributed by atoms with Crippen molar-refractivity contribution in [2.24, 2.45) is 0 Å². The third-order valence-corrected chi connectivity index (χ3v) is 7.75. The van der Waals surface area contributed by atoms with Crippen LogP contribution in [0.4, 0.5) is 0 Å². The molecule has 1 heterocycles. The number of ether oxygens (including phenoxy) is 3. The largest absolute Gasteiger partial charge is 0.497 e. The molecule has 4 rings (SSSR count). The van der Waals surface area contributed by atoms with Crippen molar-refractivity contribution in [3.05, 3.63) is 90.0 Å². The van der Waals surface area contributed by atoms with E-state index in [2.05, 4.69) is 0 Å². The van der Waals surface area contributed by atoms with Gasteiger partial charge >= 0.3 is 0 Å². The summed E-state index contributed by atoms with van der Waals surface area (Å²) in [7, 11) is 3.15. The van der Waals surface area contributed by atoms with E-state index < -0.39 is 35.5 Å². The van der Waals surface area contributed by atoms with Crippen LogP contribution in [-0.2, 0) is 17.6 Å². The van der Waals surface area contributed by atoms with Gasteiger partial charge in [0.25, 0.3) is 0 Å². The van der Waals surface area contributed by atoms with Gasteiger partial charge in [-0.3, -0.25) is 0 Å². The fourth-order valence-corrected chi connectivity index (χ4v) is 5.58. The Kier molecular flexibility index (Phi) is 8.56. The molecular formula is C28H32O7S. The molecule has 1 aliphatic rings. The van der Waals surface area contributed by atoms with E-state index in [-0.39, 0.29) is 12.8 Å². The van der Waals surface area contributed by atoms with Crippen LogP contribution >= 0.6 is 11.8 Å². The van der Waals surface area contributed by atoms with Gasteiger partial charge in [0, 0.05) is 17.7 Å². The first-order valence-corrected chi connectivity index (χ1v) is 12.6. The van der Waals surface area contributed by atoms with Gasteiger partial charge < -0.3 is 34.6 Å². The average Bonchev–Trinajstić information content (AvgIpc) is 2.90. The molecule has 1 unspecified atom stereocenters. The maximum absolute atomic E-state index is 11.8. The molecule has 7 nitrogen and oxygen atoms in total. The van der Waals surface area contributed by atoms with Gasteiger partial charge in [0.2, 0.25) is 0 Å². The molecule has 0 amide bonds. The van der Waals surface area contributed by atoms with Crippen LogP contribution in [0.5, 0.6) is 11.5 Å². The highest BCUT2D eigenvalue weighted by atomic mass is 32.2. The molecule has 0 radical (unpaired) electrons. The zero-order chi connectivity index (χ0) is 25.7. The molecule has 36 heavy (non-hydrogen) atoms. The Morgan fingerprint density at radius 2 is 1.42 bits per heavy atom. The van der Waals surface area contributed by atoms with Crippen LogP contribution in [0.3, 0.4) is 0 Å². The van der Waals surface area contributed by atoms with Crippen molar-refractivity contribution in [1.82, 2.24) is 0 Å². The average molecular weight is 513 g/mol. The highest BCUT2D eigenvalue weighted by Gasteiger charge is 2.56. The molecule has 0 saturated carbocycles. The Balaban J connectivity index is 1.59. The summed E-state index contributed by atoms with van der Waals surface area (Å²) in [6, 6.07) is 23.7. The molecule has 3 aromatic carbocycles. The van der Waals surface area contributed by atoms with E-state index in [9.17, 15) is 20.4 Å². The van der Waals surface area contributed by atoms with E-state index in [0.717, 1.165) is 16.0 Å². The lowest BCUT2D eigenvalue weighted by Crippen LogP contribution is -2.67. The second-order valence-corrected chi connectivity index (χ2v) is 10.1. The van der Waals surface area contributed by atoms with Crippen LogP contribution in [0.2, 0.25) is 0 Å². The van der Waals surface area contributed by atoms with Crippen molar-refractivity contribution in [2.75, 3.05) is 14.2 Å². The van der Waals surface area contributed by atoms with Gasteiger partial charge in [-0.15, -0.1) is 0 Å². The Hall–Kier alpha value is -2.59. The topological polar surface area (TPSA) is 109 Å². The zero-order valence-electron chi connectivity index (χ0n) is 20.2. The number of hydrogen-bond donors (Lipinski definition) is 4. The van der Waals surface area contributed by atoms with Crippen molar-refractivity contribution in [2.45, 2.75) is 53.2 Å². The minimum absolute atomic E-state index is 0.0288. The number of rotatable bonds is 9. The maximum Gasteiger partial charge on any atom is 0.139 e. The van der Waals surface area contributed by atoms with Crippen molar-refractivity contribution in [3.63, 3.8) is 0 Å². The van der Waals surface area contributed by atoms with E-state index in [1.54, 1.807) is 50.6 Å². The van der Waals surface area contributed by atoms with Crippen LogP contribution < -0.4 is 9.47 Å². The quantitative estimate of drug-likeness (QED) is 0.347. The number of hydrogen-bond acceptors (Lipinski definition) is 8. The smallest absolute Gasteiger partial charge is 0.139 e. The van der Waals surface area contributed by atoms with E-state index in [4.69, 9.17) is 14.2 Å². The Labute approximate surface area is 215 Å². The summed E-state index contributed by atoms with van der Waals surface area (Å²) in [4.78, 5) is 0.822. The van der Waals surface area contributed by atoms with Gasteiger partial charge in [-0.1, -0.05) is 54.2 Å². The summed E-state index contributed by atoms with van der Waals surface area (Å²) in [6.07, 6.45) is -5.08. The van der Waals surface area contributed by atoms with Crippen molar-refractivity contribution < 1.29 is 34.6 Å². The molecule has 0 bridgehead atoms. The van der Waals surface area contributed by atoms with Crippen LogP contribution in [0.25, 0.3) is 0 Å². The number of methoxy groups -OCH3 is 2. The molecule has 192 valence electrons. The lowest BCUT2D eigenvalue weighted by Gasteiger charge is -2.49. The van der Waals surface area contributed by atoms with Crippen LogP contribution in [0.15, 0.2) is 83.8 Å². The minimum Gasteiger partial charge on any atom is -0.497 e. The summed E-state index contributed by atoms with van der Waals surface area (Å²) < 4.78 is 16.6. The summed E-state index contributed by atoms with van der Waals surface area (Å²) in [5, 5.41) is 45.0. The molecule has 1 aliphatic heterocycles. The summed E-state index contributed by atoms with van der Waals surface area (Å²) in [5.41, 5.74) is -1.23. The monoisotopic (exact) mass is 512 g/mol. The fraction of sp³-hybridized carbons (Fsp3) is 0.357. The van der Waals surface area contributed by atoms with E-state index in [1.807, 2.05) is 42.5 Å². The minimum atomic E-state index is -1.83. The van der Waals surface area contributed by atoms with Crippen molar-refractivity contribution >= 4 is 11.8 Å². The number of thioether (sulfide) groups is 1. The van der Waals surface area contributed by atoms with E-state index >= 15 is 0 Å². The Bertz CT molecular complexity index is 1090. The van der Waals surface area contributed by atoms with Crippen LogP contribution in [-0.4, -0.2) is 70.1 Å². The first-order valence-electron chi connectivity index (χ1n) is 11.7. The SMILES string of the molecule is COc1ccc(CC(O)[C@H]2O[C@@H](Sc3ccccc3)[C@@](O)(Cc3ccc(OC)cc3)[C@@H](O)[C@H]2O)cc1. The number of benzene rings is 3. The maximum atomic E-state index is 11.8. The second kappa shape index (κ2) is 11.6.